The van der Waals surface area contributed by atoms with Gasteiger partial charge in [-0.05, 0) is 44.2 Å². The maximum atomic E-state index is 12.2. The first kappa shape index (κ1) is 17.3. The molecule has 0 spiro atoms. The molecule has 0 amide bonds. The number of benzene rings is 2. The highest BCUT2D eigenvalue weighted by Crippen LogP contribution is 2.21. The van der Waals surface area contributed by atoms with E-state index in [1.165, 1.54) is 0 Å². The number of fused-ring (bicyclic) bond motifs is 1. The Labute approximate surface area is 147 Å². The highest BCUT2D eigenvalue weighted by molar-refractivity contribution is 7.92. The number of sulfonamides is 1. The third-order valence-electron chi connectivity index (χ3n) is 3.89. The lowest BCUT2D eigenvalue weighted by Crippen LogP contribution is -2.21. The molecular formula is C18H21N3O3S. The highest BCUT2D eigenvalue weighted by atomic mass is 32.2. The Morgan fingerprint density at radius 3 is 2.64 bits per heavy atom. The summed E-state index contributed by atoms with van der Waals surface area (Å²) < 4.78 is 34.6. The van der Waals surface area contributed by atoms with Crippen LogP contribution in [-0.2, 0) is 16.6 Å². The lowest BCUT2D eigenvalue weighted by molar-refractivity contribution is 0.341. The van der Waals surface area contributed by atoms with Gasteiger partial charge in [0.05, 0.1) is 16.7 Å². The SMILES string of the molecule is CCn1c(C)nc2cc(NS(=O)(=O)CCOc3ccccc3)ccc21. The minimum absolute atomic E-state index is 0.0885. The van der Waals surface area contributed by atoms with E-state index in [4.69, 9.17) is 4.74 Å². The summed E-state index contributed by atoms with van der Waals surface area (Å²) in [7, 11) is -3.49. The van der Waals surface area contributed by atoms with E-state index in [1.807, 2.05) is 31.2 Å². The first-order valence-electron chi connectivity index (χ1n) is 8.14. The second-order valence-corrected chi connectivity index (χ2v) is 7.53. The van der Waals surface area contributed by atoms with Crippen LogP contribution < -0.4 is 9.46 Å². The molecule has 0 aliphatic carbocycles. The summed E-state index contributed by atoms with van der Waals surface area (Å²) >= 11 is 0. The predicted octanol–water partition coefficient (Wildman–Crippen LogP) is 3.19. The molecule has 1 heterocycles. The molecule has 0 bridgehead atoms. The van der Waals surface area contributed by atoms with Crippen LogP contribution >= 0.6 is 0 Å². The van der Waals surface area contributed by atoms with Crippen molar-refractivity contribution in [1.29, 1.82) is 0 Å². The van der Waals surface area contributed by atoms with E-state index in [1.54, 1.807) is 24.3 Å². The van der Waals surface area contributed by atoms with Crippen LogP contribution in [0.2, 0.25) is 0 Å². The van der Waals surface area contributed by atoms with E-state index in [2.05, 4.69) is 21.2 Å². The van der Waals surface area contributed by atoms with Crippen molar-refractivity contribution in [2.45, 2.75) is 20.4 Å². The highest BCUT2D eigenvalue weighted by Gasteiger charge is 2.13. The number of nitrogens with zero attached hydrogens (tertiary/aromatic N) is 2. The van der Waals surface area contributed by atoms with Crippen LogP contribution in [0.1, 0.15) is 12.7 Å². The molecule has 0 aliphatic heterocycles. The van der Waals surface area contributed by atoms with E-state index >= 15 is 0 Å². The number of hydrogen-bond acceptors (Lipinski definition) is 4. The molecule has 2 aromatic carbocycles. The van der Waals surface area contributed by atoms with E-state index < -0.39 is 10.0 Å². The molecule has 0 saturated heterocycles. The van der Waals surface area contributed by atoms with Gasteiger partial charge < -0.3 is 9.30 Å². The van der Waals surface area contributed by atoms with Gasteiger partial charge in [0.1, 0.15) is 23.9 Å². The molecule has 3 rings (SSSR count). The van der Waals surface area contributed by atoms with Crippen molar-refractivity contribution >= 4 is 26.7 Å². The fourth-order valence-electron chi connectivity index (χ4n) is 2.73. The zero-order valence-electron chi connectivity index (χ0n) is 14.3. The number of anilines is 1. The van der Waals surface area contributed by atoms with Crippen LogP contribution in [0.25, 0.3) is 11.0 Å². The molecule has 0 unspecified atom stereocenters. The van der Waals surface area contributed by atoms with Crippen molar-refractivity contribution in [2.24, 2.45) is 0 Å². The number of nitrogens with one attached hydrogen (secondary N) is 1. The average Bonchev–Trinajstić information content (AvgIpc) is 2.89. The first-order chi connectivity index (χ1) is 12.0. The number of para-hydroxylation sites is 1. The first-order valence-corrected chi connectivity index (χ1v) is 9.79. The third-order valence-corrected chi connectivity index (χ3v) is 5.14. The van der Waals surface area contributed by atoms with Gasteiger partial charge in [0.2, 0.25) is 10.0 Å². The van der Waals surface area contributed by atoms with Crippen LogP contribution in [0.5, 0.6) is 5.75 Å². The van der Waals surface area contributed by atoms with Gasteiger partial charge in [-0.15, -0.1) is 0 Å². The number of rotatable bonds is 7. The Kier molecular flexibility index (Phi) is 4.94. The Balaban J connectivity index is 1.67. The monoisotopic (exact) mass is 359 g/mol. The molecule has 0 saturated carbocycles. The maximum absolute atomic E-state index is 12.2. The standard InChI is InChI=1S/C18H21N3O3S/c1-3-21-14(2)19-17-13-15(9-10-18(17)21)20-25(22,23)12-11-24-16-7-5-4-6-8-16/h4-10,13,20H,3,11-12H2,1-2H3. The molecule has 1 aromatic heterocycles. The van der Waals surface area contributed by atoms with Gasteiger partial charge in [-0.25, -0.2) is 13.4 Å². The molecule has 0 atom stereocenters. The fraction of sp³-hybridized carbons (Fsp3) is 0.278. The number of ether oxygens (including phenoxy) is 1. The van der Waals surface area contributed by atoms with Crippen molar-refractivity contribution < 1.29 is 13.2 Å². The number of aromatic nitrogens is 2. The van der Waals surface area contributed by atoms with Crippen molar-refractivity contribution in [3.05, 3.63) is 54.4 Å². The quantitative estimate of drug-likeness (QED) is 0.703. The molecule has 0 fully saturated rings. The third kappa shape index (κ3) is 4.11. The topological polar surface area (TPSA) is 73.2 Å². The molecular weight excluding hydrogens is 338 g/mol. The smallest absolute Gasteiger partial charge is 0.236 e. The summed E-state index contributed by atoms with van der Waals surface area (Å²) in [5, 5.41) is 0. The lowest BCUT2D eigenvalue weighted by Gasteiger charge is -2.09. The lowest BCUT2D eigenvalue weighted by atomic mass is 10.3. The number of imidazole rings is 1. The molecule has 132 valence electrons. The minimum atomic E-state index is -3.49. The zero-order valence-corrected chi connectivity index (χ0v) is 15.1. The van der Waals surface area contributed by atoms with Gasteiger partial charge in [0, 0.05) is 6.54 Å². The van der Waals surface area contributed by atoms with Crippen LogP contribution in [0.4, 0.5) is 5.69 Å². The van der Waals surface area contributed by atoms with Gasteiger partial charge in [-0.1, -0.05) is 18.2 Å². The summed E-state index contributed by atoms with van der Waals surface area (Å²) in [6, 6.07) is 14.5. The Hall–Kier alpha value is -2.54. The average molecular weight is 359 g/mol. The van der Waals surface area contributed by atoms with Crippen molar-refractivity contribution in [3.63, 3.8) is 0 Å². The fourth-order valence-corrected chi connectivity index (χ4v) is 3.62. The van der Waals surface area contributed by atoms with E-state index in [0.29, 0.717) is 11.4 Å². The molecule has 1 N–H and O–H groups in total. The maximum Gasteiger partial charge on any atom is 0.236 e. The number of hydrogen-bond donors (Lipinski definition) is 1. The predicted molar refractivity (Wildman–Crippen MR) is 99.5 cm³/mol. The van der Waals surface area contributed by atoms with Gasteiger partial charge in [-0.2, -0.15) is 0 Å². The van der Waals surface area contributed by atoms with Gasteiger partial charge in [0.15, 0.2) is 0 Å². The largest absolute Gasteiger partial charge is 0.492 e. The van der Waals surface area contributed by atoms with Crippen molar-refractivity contribution in [3.8, 4) is 5.75 Å². The van der Waals surface area contributed by atoms with Crippen LogP contribution in [0.15, 0.2) is 48.5 Å². The van der Waals surface area contributed by atoms with Crippen molar-refractivity contribution in [2.75, 3.05) is 17.1 Å². The Morgan fingerprint density at radius 1 is 1.16 bits per heavy atom. The van der Waals surface area contributed by atoms with Crippen molar-refractivity contribution in [1.82, 2.24) is 9.55 Å². The molecule has 3 aromatic rings. The molecule has 7 heteroatoms. The van der Waals surface area contributed by atoms with E-state index in [9.17, 15) is 8.42 Å². The van der Waals surface area contributed by atoms with E-state index in [-0.39, 0.29) is 12.4 Å². The second-order valence-electron chi connectivity index (χ2n) is 5.69. The Morgan fingerprint density at radius 2 is 1.92 bits per heavy atom. The van der Waals surface area contributed by atoms with Gasteiger partial charge in [-0.3, -0.25) is 4.72 Å². The summed E-state index contributed by atoms with van der Waals surface area (Å²) in [4.78, 5) is 4.48. The van der Waals surface area contributed by atoms with Crippen LogP contribution in [0.3, 0.4) is 0 Å². The van der Waals surface area contributed by atoms with Gasteiger partial charge >= 0.3 is 0 Å². The second kappa shape index (κ2) is 7.14. The summed E-state index contributed by atoms with van der Waals surface area (Å²) in [6.45, 7) is 4.90. The van der Waals surface area contributed by atoms with Gasteiger partial charge in [0.25, 0.3) is 0 Å². The molecule has 0 aliphatic rings. The number of aryl methyl sites for hydroxylation is 2. The zero-order chi connectivity index (χ0) is 17.9. The summed E-state index contributed by atoms with van der Waals surface area (Å²) in [5.74, 6) is 1.44. The normalized spacial score (nSPS) is 11.6. The van der Waals surface area contributed by atoms with Crippen LogP contribution in [0, 0.1) is 6.92 Å². The summed E-state index contributed by atoms with van der Waals surface area (Å²) in [5.41, 5.74) is 2.28. The van der Waals surface area contributed by atoms with Crippen LogP contribution in [-0.4, -0.2) is 30.3 Å². The molecule has 0 radical (unpaired) electrons. The molecule has 6 nitrogen and oxygen atoms in total. The molecule has 25 heavy (non-hydrogen) atoms. The summed E-state index contributed by atoms with van der Waals surface area (Å²) in [6.07, 6.45) is 0. The van der Waals surface area contributed by atoms with E-state index in [0.717, 1.165) is 23.4 Å². The Bertz CT molecular complexity index is 966. The minimum Gasteiger partial charge on any atom is -0.492 e.